The van der Waals surface area contributed by atoms with E-state index in [2.05, 4.69) is 6.92 Å². The van der Waals surface area contributed by atoms with E-state index in [1.54, 1.807) is 18.2 Å². The summed E-state index contributed by atoms with van der Waals surface area (Å²) >= 11 is 0. The first-order valence-corrected chi connectivity index (χ1v) is 8.87. The standard InChI is InChI=1S/C15H17ClO3S/c1-3-6-11(2)19-14-9-10-15(20(16,17)18)13-8-5-4-7-12(13)14/h4-5,7-11H,3,6H2,1-2H3. The summed E-state index contributed by atoms with van der Waals surface area (Å²) < 4.78 is 29.1. The molecule has 0 aliphatic rings. The molecule has 0 saturated heterocycles. The molecule has 2 aromatic carbocycles. The quantitative estimate of drug-likeness (QED) is 0.772. The number of benzene rings is 2. The van der Waals surface area contributed by atoms with Crippen molar-refractivity contribution in [2.24, 2.45) is 0 Å². The van der Waals surface area contributed by atoms with Crippen molar-refractivity contribution in [3.8, 4) is 5.75 Å². The van der Waals surface area contributed by atoms with Crippen LogP contribution in [-0.4, -0.2) is 14.5 Å². The van der Waals surface area contributed by atoms with Crippen LogP contribution in [0.1, 0.15) is 26.7 Å². The smallest absolute Gasteiger partial charge is 0.261 e. The Labute approximate surface area is 123 Å². The molecule has 0 aromatic heterocycles. The average Bonchev–Trinajstić information content (AvgIpc) is 2.38. The van der Waals surface area contributed by atoms with Gasteiger partial charge in [0.1, 0.15) is 5.75 Å². The van der Waals surface area contributed by atoms with Gasteiger partial charge in [0, 0.05) is 21.5 Å². The molecule has 3 nitrogen and oxygen atoms in total. The van der Waals surface area contributed by atoms with Crippen LogP contribution in [0.2, 0.25) is 0 Å². The predicted molar refractivity (Wildman–Crippen MR) is 82.0 cm³/mol. The molecule has 0 amide bonds. The average molecular weight is 313 g/mol. The summed E-state index contributed by atoms with van der Waals surface area (Å²) in [5, 5.41) is 1.35. The lowest BCUT2D eigenvalue weighted by Gasteiger charge is -2.16. The SMILES string of the molecule is CCCC(C)Oc1ccc(S(=O)(=O)Cl)c2ccccc12. The van der Waals surface area contributed by atoms with Crippen LogP contribution in [0, 0.1) is 0 Å². The third kappa shape index (κ3) is 3.25. The van der Waals surface area contributed by atoms with Crippen LogP contribution in [0.15, 0.2) is 41.3 Å². The fraction of sp³-hybridized carbons (Fsp3) is 0.333. The van der Waals surface area contributed by atoms with E-state index in [-0.39, 0.29) is 11.0 Å². The number of fused-ring (bicyclic) bond motifs is 1. The normalized spacial score (nSPS) is 13.3. The molecular weight excluding hydrogens is 296 g/mol. The number of hydrogen-bond acceptors (Lipinski definition) is 3. The lowest BCUT2D eigenvalue weighted by atomic mass is 10.1. The molecule has 0 heterocycles. The van der Waals surface area contributed by atoms with Gasteiger partial charge in [-0.05, 0) is 25.5 Å². The van der Waals surface area contributed by atoms with E-state index in [1.807, 2.05) is 19.1 Å². The number of ether oxygens (including phenoxy) is 1. The minimum absolute atomic E-state index is 0.0851. The van der Waals surface area contributed by atoms with Crippen molar-refractivity contribution in [2.75, 3.05) is 0 Å². The zero-order chi connectivity index (χ0) is 14.8. The molecule has 1 atom stereocenters. The zero-order valence-corrected chi connectivity index (χ0v) is 13.0. The van der Waals surface area contributed by atoms with Crippen LogP contribution in [0.4, 0.5) is 0 Å². The largest absolute Gasteiger partial charge is 0.490 e. The molecule has 0 bridgehead atoms. The maximum atomic E-state index is 11.6. The van der Waals surface area contributed by atoms with Gasteiger partial charge in [-0.2, -0.15) is 0 Å². The van der Waals surface area contributed by atoms with E-state index < -0.39 is 9.05 Å². The highest BCUT2D eigenvalue weighted by Crippen LogP contribution is 2.33. The summed E-state index contributed by atoms with van der Waals surface area (Å²) in [5.74, 6) is 0.686. The Balaban J connectivity index is 2.55. The first-order valence-electron chi connectivity index (χ1n) is 6.56. The molecule has 0 saturated carbocycles. The van der Waals surface area contributed by atoms with E-state index >= 15 is 0 Å². The molecule has 108 valence electrons. The van der Waals surface area contributed by atoms with Gasteiger partial charge < -0.3 is 4.74 Å². The van der Waals surface area contributed by atoms with Crippen LogP contribution in [0.5, 0.6) is 5.75 Å². The van der Waals surface area contributed by atoms with Gasteiger partial charge >= 0.3 is 0 Å². The summed E-state index contributed by atoms with van der Waals surface area (Å²) in [6.45, 7) is 4.10. The van der Waals surface area contributed by atoms with E-state index in [9.17, 15) is 8.42 Å². The summed E-state index contributed by atoms with van der Waals surface area (Å²) in [7, 11) is 1.71. The van der Waals surface area contributed by atoms with Gasteiger partial charge in [0.25, 0.3) is 9.05 Å². The lowest BCUT2D eigenvalue weighted by molar-refractivity contribution is 0.212. The second-order valence-electron chi connectivity index (χ2n) is 4.76. The van der Waals surface area contributed by atoms with Gasteiger partial charge in [0.15, 0.2) is 0 Å². The topological polar surface area (TPSA) is 43.4 Å². The Bertz CT molecular complexity index is 710. The first-order chi connectivity index (χ1) is 9.43. The van der Waals surface area contributed by atoms with Gasteiger partial charge in [-0.1, -0.05) is 37.6 Å². The van der Waals surface area contributed by atoms with Crippen molar-refractivity contribution in [3.63, 3.8) is 0 Å². The van der Waals surface area contributed by atoms with E-state index in [0.29, 0.717) is 11.1 Å². The highest BCUT2D eigenvalue weighted by molar-refractivity contribution is 8.14. The monoisotopic (exact) mass is 312 g/mol. The molecule has 0 aliphatic carbocycles. The Morgan fingerprint density at radius 1 is 1.15 bits per heavy atom. The Morgan fingerprint density at radius 3 is 2.40 bits per heavy atom. The van der Waals surface area contributed by atoms with Crippen molar-refractivity contribution < 1.29 is 13.2 Å². The van der Waals surface area contributed by atoms with Crippen molar-refractivity contribution in [2.45, 2.75) is 37.7 Å². The van der Waals surface area contributed by atoms with Gasteiger partial charge in [-0.15, -0.1) is 0 Å². The molecule has 2 rings (SSSR count). The third-order valence-corrected chi connectivity index (χ3v) is 4.51. The molecule has 0 radical (unpaired) electrons. The summed E-state index contributed by atoms with van der Waals surface area (Å²) in [4.78, 5) is 0.116. The van der Waals surface area contributed by atoms with Gasteiger partial charge in [0.05, 0.1) is 11.0 Å². The van der Waals surface area contributed by atoms with Crippen LogP contribution < -0.4 is 4.74 Å². The summed E-state index contributed by atoms with van der Waals surface area (Å²) in [6.07, 6.45) is 2.07. The third-order valence-electron chi connectivity index (χ3n) is 3.13. The molecule has 0 N–H and O–H groups in total. The van der Waals surface area contributed by atoms with Gasteiger partial charge in [-0.3, -0.25) is 0 Å². The minimum Gasteiger partial charge on any atom is -0.490 e. The maximum absolute atomic E-state index is 11.6. The van der Waals surface area contributed by atoms with E-state index in [0.717, 1.165) is 18.2 Å². The molecule has 0 aliphatic heterocycles. The van der Waals surface area contributed by atoms with Crippen molar-refractivity contribution in [1.82, 2.24) is 0 Å². The summed E-state index contributed by atoms with van der Waals surface area (Å²) in [5.41, 5.74) is 0. The zero-order valence-electron chi connectivity index (χ0n) is 11.5. The first kappa shape index (κ1) is 15.1. The highest BCUT2D eigenvalue weighted by atomic mass is 35.7. The van der Waals surface area contributed by atoms with Crippen molar-refractivity contribution in [1.29, 1.82) is 0 Å². The number of rotatable bonds is 5. The number of halogens is 1. The number of hydrogen-bond donors (Lipinski definition) is 0. The van der Waals surface area contributed by atoms with E-state index in [1.165, 1.54) is 6.07 Å². The van der Waals surface area contributed by atoms with Crippen LogP contribution in [-0.2, 0) is 9.05 Å². The second-order valence-corrected chi connectivity index (χ2v) is 7.30. The van der Waals surface area contributed by atoms with Crippen molar-refractivity contribution >= 4 is 30.5 Å². The highest BCUT2D eigenvalue weighted by Gasteiger charge is 2.17. The molecule has 0 fully saturated rings. The molecule has 20 heavy (non-hydrogen) atoms. The Morgan fingerprint density at radius 2 is 1.80 bits per heavy atom. The lowest BCUT2D eigenvalue weighted by Crippen LogP contribution is -2.11. The molecular formula is C15H17ClO3S. The van der Waals surface area contributed by atoms with Crippen LogP contribution >= 0.6 is 10.7 Å². The van der Waals surface area contributed by atoms with Crippen LogP contribution in [0.25, 0.3) is 10.8 Å². The molecule has 0 spiro atoms. The fourth-order valence-electron chi connectivity index (χ4n) is 2.24. The molecule has 5 heteroatoms. The molecule has 1 unspecified atom stereocenters. The van der Waals surface area contributed by atoms with Gasteiger partial charge in [0.2, 0.25) is 0 Å². The van der Waals surface area contributed by atoms with Crippen molar-refractivity contribution in [3.05, 3.63) is 36.4 Å². The fourth-order valence-corrected chi connectivity index (χ4v) is 3.32. The summed E-state index contributed by atoms with van der Waals surface area (Å²) in [6, 6.07) is 10.4. The van der Waals surface area contributed by atoms with Gasteiger partial charge in [-0.25, -0.2) is 8.42 Å². The second kappa shape index (κ2) is 6.02. The Hall–Kier alpha value is -1.26. The molecule has 2 aromatic rings. The van der Waals surface area contributed by atoms with E-state index in [4.69, 9.17) is 15.4 Å². The Kier molecular flexibility index (Phi) is 4.55. The van der Waals surface area contributed by atoms with Crippen LogP contribution in [0.3, 0.4) is 0 Å². The predicted octanol–water partition coefficient (Wildman–Crippen LogP) is 4.33. The minimum atomic E-state index is -3.77. The maximum Gasteiger partial charge on any atom is 0.261 e.